The number of hydrogen-bond acceptors (Lipinski definition) is 8. The number of aryl methyl sites for hydroxylation is 1. The number of nitrogens with one attached hydrogen (secondary N) is 2. The minimum Gasteiger partial charge on any atom is -0.481 e. The zero-order chi connectivity index (χ0) is 33.8. The summed E-state index contributed by atoms with van der Waals surface area (Å²) in [6.45, 7) is 8.42. The SMILES string of the molecule is CCCCCCCc1noc(-c2cnc(-c3ccc(C[C@H](NC(=O)c4ccc(C(C)(C)C)cc4)C(=O)NCCC(=O)O)cc3)nc2)n1. The van der Waals surface area contributed by atoms with Crippen molar-refractivity contribution < 1.29 is 24.0 Å². The molecule has 11 heteroatoms. The fourth-order valence-electron chi connectivity index (χ4n) is 4.96. The summed E-state index contributed by atoms with van der Waals surface area (Å²) < 4.78 is 5.42. The van der Waals surface area contributed by atoms with Crippen LogP contribution in [0.5, 0.6) is 0 Å². The molecule has 47 heavy (non-hydrogen) atoms. The van der Waals surface area contributed by atoms with Crippen LogP contribution < -0.4 is 10.6 Å². The maximum absolute atomic E-state index is 13.1. The van der Waals surface area contributed by atoms with Gasteiger partial charge in [-0.15, -0.1) is 0 Å². The van der Waals surface area contributed by atoms with E-state index in [0.717, 1.165) is 36.0 Å². The fourth-order valence-corrected chi connectivity index (χ4v) is 4.96. The molecule has 4 rings (SSSR count). The van der Waals surface area contributed by atoms with E-state index in [2.05, 4.69) is 58.4 Å². The number of carboxylic acids is 1. The fraction of sp³-hybridized carbons (Fsp3) is 0.417. The number of amides is 2. The Morgan fingerprint density at radius 2 is 1.57 bits per heavy atom. The average molecular weight is 641 g/mol. The van der Waals surface area contributed by atoms with Gasteiger partial charge in [-0.05, 0) is 35.1 Å². The number of nitrogens with zero attached hydrogens (tertiary/aromatic N) is 4. The molecule has 3 N–H and O–H groups in total. The zero-order valence-electron chi connectivity index (χ0n) is 27.6. The van der Waals surface area contributed by atoms with Gasteiger partial charge in [-0.25, -0.2) is 9.97 Å². The van der Waals surface area contributed by atoms with Crippen molar-refractivity contribution in [2.75, 3.05) is 6.54 Å². The number of aliphatic carboxylic acids is 1. The van der Waals surface area contributed by atoms with E-state index < -0.39 is 23.8 Å². The third-order valence-electron chi connectivity index (χ3n) is 7.80. The van der Waals surface area contributed by atoms with Crippen molar-refractivity contribution in [2.45, 2.75) is 90.5 Å². The Morgan fingerprint density at radius 3 is 2.21 bits per heavy atom. The van der Waals surface area contributed by atoms with Gasteiger partial charge in [-0.2, -0.15) is 4.98 Å². The summed E-state index contributed by atoms with van der Waals surface area (Å²) in [5.74, 6) is -0.310. The van der Waals surface area contributed by atoms with E-state index >= 15 is 0 Å². The summed E-state index contributed by atoms with van der Waals surface area (Å²) in [4.78, 5) is 50.6. The molecule has 2 aromatic heterocycles. The molecule has 0 bridgehead atoms. The summed E-state index contributed by atoms with van der Waals surface area (Å²) in [7, 11) is 0. The van der Waals surface area contributed by atoms with E-state index in [1.807, 2.05) is 36.4 Å². The molecule has 0 saturated carbocycles. The Morgan fingerprint density at radius 1 is 0.894 bits per heavy atom. The third kappa shape index (κ3) is 10.6. The van der Waals surface area contributed by atoms with Crippen molar-refractivity contribution in [3.63, 3.8) is 0 Å². The topological polar surface area (TPSA) is 160 Å². The molecule has 4 aromatic rings. The molecule has 0 aliphatic rings. The van der Waals surface area contributed by atoms with Crippen molar-refractivity contribution in [1.82, 2.24) is 30.7 Å². The molecule has 0 aliphatic carbocycles. The normalized spacial score (nSPS) is 12.0. The smallest absolute Gasteiger partial charge is 0.305 e. The second kappa shape index (κ2) is 16.6. The lowest BCUT2D eigenvalue weighted by atomic mass is 9.86. The number of aromatic nitrogens is 4. The molecular formula is C36H44N6O5. The van der Waals surface area contributed by atoms with Gasteiger partial charge < -0.3 is 20.3 Å². The van der Waals surface area contributed by atoms with Crippen LogP contribution in [0.4, 0.5) is 0 Å². The molecule has 0 fully saturated rings. The summed E-state index contributed by atoms with van der Waals surface area (Å²) in [5.41, 5.74) is 3.64. The monoisotopic (exact) mass is 640 g/mol. The van der Waals surface area contributed by atoms with Gasteiger partial charge in [0.1, 0.15) is 6.04 Å². The van der Waals surface area contributed by atoms with Gasteiger partial charge in [0.25, 0.3) is 11.8 Å². The molecule has 2 heterocycles. The number of carbonyl (C=O) groups excluding carboxylic acids is 2. The highest BCUT2D eigenvalue weighted by Gasteiger charge is 2.23. The summed E-state index contributed by atoms with van der Waals surface area (Å²) in [5, 5.41) is 18.5. The molecule has 248 valence electrons. The summed E-state index contributed by atoms with van der Waals surface area (Å²) in [6, 6.07) is 13.7. The van der Waals surface area contributed by atoms with Gasteiger partial charge in [0, 0.05) is 42.9 Å². The Hall–Kier alpha value is -4.93. The van der Waals surface area contributed by atoms with Crippen molar-refractivity contribution in [1.29, 1.82) is 0 Å². The molecule has 2 amide bonds. The van der Waals surface area contributed by atoms with Crippen LogP contribution in [-0.2, 0) is 27.8 Å². The van der Waals surface area contributed by atoms with Gasteiger partial charge in [0.2, 0.25) is 5.91 Å². The quantitative estimate of drug-likeness (QED) is 0.126. The Balaban J connectivity index is 1.40. The number of hydrogen-bond donors (Lipinski definition) is 3. The van der Waals surface area contributed by atoms with E-state index in [1.165, 1.54) is 19.3 Å². The lowest BCUT2D eigenvalue weighted by Gasteiger charge is -2.20. The highest BCUT2D eigenvalue weighted by molar-refractivity contribution is 5.97. The number of benzene rings is 2. The number of unbranched alkanes of at least 4 members (excludes halogenated alkanes) is 4. The van der Waals surface area contributed by atoms with Crippen LogP contribution in [0.25, 0.3) is 22.8 Å². The van der Waals surface area contributed by atoms with Gasteiger partial charge >= 0.3 is 5.97 Å². The Bertz CT molecular complexity index is 1610. The first-order chi connectivity index (χ1) is 22.5. The van der Waals surface area contributed by atoms with Crippen molar-refractivity contribution in [3.05, 3.63) is 83.4 Å². The van der Waals surface area contributed by atoms with Gasteiger partial charge in [0.05, 0.1) is 12.0 Å². The maximum atomic E-state index is 13.1. The molecule has 1 atom stereocenters. The van der Waals surface area contributed by atoms with Gasteiger partial charge in [0.15, 0.2) is 11.6 Å². The van der Waals surface area contributed by atoms with Crippen molar-refractivity contribution in [3.8, 4) is 22.8 Å². The second-order valence-corrected chi connectivity index (χ2v) is 12.7. The van der Waals surface area contributed by atoms with E-state index in [4.69, 9.17) is 9.63 Å². The average Bonchev–Trinajstić information content (AvgIpc) is 3.53. The van der Waals surface area contributed by atoms with Crippen molar-refractivity contribution in [2.24, 2.45) is 0 Å². The molecule has 11 nitrogen and oxygen atoms in total. The standard InChI is InChI=1S/C36H44N6O5/c1-5-6-7-8-9-10-30-41-35(47-42-30)27-22-38-32(39-23-27)25-13-11-24(12-14-25)21-29(34(46)37-20-19-31(43)44)40-33(45)26-15-17-28(18-16-26)36(2,3)4/h11-18,22-23,29H,5-10,19-21H2,1-4H3,(H,37,46)(H,40,45)(H,43,44)/t29-/m0/s1. The summed E-state index contributed by atoms with van der Waals surface area (Å²) in [6.07, 6.45) is 9.88. The van der Waals surface area contributed by atoms with E-state index in [1.54, 1.807) is 24.5 Å². The molecule has 0 aliphatic heterocycles. The molecule has 2 aromatic carbocycles. The minimum absolute atomic E-state index is 0.0446. The predicted octanol–water partition coefficient (Wildman–Crippen LogP) is 5.94. The Kier molecular flexibility index (Phi) is 12.3. The van der Waals surface area contributed by atoms with Gasteiger partial charge in [-0.3, -0.25) is 14.4 Å². The lowest BCUT2D eigenvalue weighted by Crippen LogP contribution is -2.48. The van der Waals surface area contributed by atoms with E-state index in [0.29, 0.717) is 28.7 Å². The maximum Gasteiger partial charge on any atom is 0.305 e. The van der Waals surface area contributed by atoms with E-state index in [-0.39, 0.29) is 24.8 Å². The lowest BCUT2D eigenvalue weighted by molar-refractivity contribution is -0.137. The molecule has 0 unspecified atom stereocenters. The zero-order valence-corrected chi connectivity index (χ0v) is 27.6. The highest BCUT2D eigenvalue weighted by atomic mass is 16.5. The van der Waals surface area contributed by atoms with Crippen LogP contribution in [0.2, 0.25) is 0 Å². The predicted molar refractivity (Wildman–Crippen MR) is 179 cm³/mol. The first kappa shape index (κ1) is 34.9. The second-order valence-electron chi connectivity index (χ2n) is 12.7. The van der Waals surface area contributed by atoms with Crippen LogP contribution in [0.3, 0.4) is 0 Å². The van der Waals surface area contributed by atoms with Crippen molar-refractivity contribution >= 4 is 17.8 Å². The first-order valence-electron chi connectivity index (χ1n) is 16.2. The van der Waals surface area contributed by atoms with E-state index in [9.17, 15) is 14.4 Å². The molecule has 0 saturated heterocycles. The largest absolute Gasteiger partial charge is 0.481 e. The van der Waals surface area contributed by atoms with Crippen LogP contribution in [0.1, 0.15) is 93.5 Å². The van der Waals surface area contributed by atoms with Crippen LogP contribution >= 0.6 is 0 Å². The minimum atomic E-state index is -1.02. The van der Waals surface area contributed by atoms with Crippen LogP contribution in [0, 0.1) is 0 Å². The first-order valence-corrected chi connectivity index (χ1v) is 16.2. The van der Waals surface area contributed by atoms with Crippen LogP contribution in [0.15, 0.2) is 65.4 Å². The number of carboxylic acid groups (broad SMARTS) is 1. The molecular weight excluding hydrogens is 596 g/mol. The third-order valence-corrected chi connectivity index (χ3v) is 7.80. The van der Waals surface area contributed by atoms with Gasteiger partial charge in [-0.1, -0.05) is 94.9 Å². The molecule has 0 radical (unpaired) electrons. The number of rotatable bonds is 16. The number of carbonyl (C=O) groups is 3. The molecule has 0 spiro atoms. The van der Waals surface area contributed by atoms with Crippen LogP contribution in [-0.4, -0.2) is 55.6 Å². The summed E-state index contributed by atoms with van der Waals surface area (Å²) >= 11 is 0. The highest BCUT2D eigenvalue weighted by Crippen LogP contribution is 2.23. The Labute approximate surface area is 275 Å².